The zero-order chi connectivity index (χ0) is 31.7. The summed E-state index contributed by atoms with van der Waals surface area (Å²) in [6, 6.07) is 55.2. The second kappa shape index (κ2) is 14.3. The molecule has 0 unspecified atom stereocenters. The molecule has 0 atom stereocenters. The summed E-state index contributed by atoms with van der Waals surface area (Å²) >= 11 is 0. The van der Waals surface area contributed by atoms with Gasteiger partial charge < -0.3 is 19.3 Å². The molecule has 6 aromatic rings. The zero-order valence-electron chi connectivity index (χ0n) is 26.0. The molecule has 0 spiro atoms. The van der Waals surface area contributed by atoms with Crippen LogP contribution in [0.25, 0.3) is 11.1 Å². The Morgan fingerprint density at radius 2 is 0.870 bits per heavy atom. The molecule has 0 aromatic heterocycles. The summed E-state index contributed by atoms with van der Waals surface area (Å²) in [5.74, 6) is 0. The molecule has 0 heterocycles. The van der Waals surface area contributed by atoms with Gasteiger partial charge in [-0.15, -0.1) is 0 Å². The number of carbonyl (C=O) groups is 1. The van der Waals surface area contributed by atoms with Crippen LogP contribution in [-0.4, -0.2) is 19.9 Å². The quantitative estimate of drug-likeness (QED) is 0.146. The van der Waals surface area contributed by atoms with Crippen molar-refractivity contribution in [1.82, 2.24) is 0 Å². The second-order valence-electron chi connectivity index (χ2n) is 11.0. The number of anilines is 6. The first-order chi connectivity index (χ1) is 22.6. The Labute approximate surface area is 270 Å². The summed E-state index contributed by atoms with van der Waals surface area (Å²) in [7, 11) is 1.31. The van der Waals surface area contributed by atoms with E-state index < -0.39 is 6.16 Å². The Bertz CT molecular complexity index is 1840. The van der Waals surface area contributed by atoms with Crippen LogP contribution < -0.4 is 9.80 Å². The highest BCUT2D eigenvalue weighted by atomic mass is 16.7. The van der Waals surface area contributed by atoms with Crippen LogP contribution in [0.5, 0.6) is 0 Å². The van der Waals surface area contributed by atoms with Gasteiger partial charge in [-0.2, -0.15) is 0 Å². The molecule has 6 aromatic carbocycles. The molecule has 228 valence electrons. The molecule has 5 heteroatoms. The van der Waals surface area contributed by atoms with Crippen LogP contribution in [0.15, 0.2) is 158 Å². The Kier molecular flexibility index (Phi) is 9.41. The Hall–Kier alpha value is -5.81. The normalized spacial score (nSPS) is 10.7. The average Bonchev–Trinajstić information content (AvgIpc) is 3.11. The van der Waals surface area contributed by atoms with E-state index in [1.54, 1.807) is 0 Å². The number of methoxy groups -OCH3 is 1. The number of rotatable bonds is 10. The minimum absolute atomic E-state index is 0.271. The lowest BCUT2D eigenvalue weighted by Gasteiger charge is -2.26. The van der Waals surface area contributed by atoms with E-state index in [2.05, 4.69) is 155 Å². The van der Waals surface area contributed by atoms with Gasteiger partial charge in [0.05, 0.1) is 13.7 Å². The predicted molar refractivity (Wildman–Crippen MR) is 188 cm³/mol. The molecule has 6 rings (SSSR count). The highest BCUT2D eigenvalue weighted by Gasteiger charge is 2.14. The van der Waals surface area contributed by atoms with Crippen molar-refractivity contribution in [3.8, 4) is 11.1 Å². The number of aryl methyl sites for hydroxylation is 1. The van der Waals surface area contributed by atoms with Crippen molar-refractivity contribution < 1.29 is 14.3 Å². The van der Waals surface area contributed by atoms with Crippen molar-refractivity contribution in [2.75, 3.05) is 23.5 Å². The third-order valence-electron chi connectivity index (χ3n) is 7.88. The molecule has 5 nitrogen and oxygen atoms in total. The number of hydrogen-bond acceptors (Lipinski definition) is 5. The van der Waals surface area contributed by atoms with Gasteiger partial charge in [0.25, 0.3) is 0 Å². The van der Waals surface area contributed by atoms with E-state index in [9.17, 15) is 4.79 Å². The van der Waals surface area contributed by atoms with E-state index in [0.29, 0.717) is 6.42 Å². The molecule has 0 fully saturated rings. The van der Waals surface area contributed by atoms with E-state index in [1.807, 2.05) is 24.3 Å². The zero-order valence-corrected chi connectivity index (χ0v) is 26.0. The van der Waals surface area contributed by atoms with Crippen LogP contribution in [-0.2, 0) is 15.9 Å². The fourth-order valence-corrected chi connectivity index (χ4v) is 5.47. The SMILES string of the molecule is COC(=O)OCCc1ccc(N(c2ccccc2)c2ccc(-c3ccc(N(c4ccccc4)c4ccc(C)cc4)cc3)cc2)cc1. The van der Waals surface area contributed by atoms with Crippen LogP contribution in [0.2, 0.25) is 0 Å². The molecule has 0 saturated carbocycles. The van der Waals surface area contributed by atoms with E-state index in [0.717, 1.165) is 50.8 Å². The first-order valence-corrected chi connectivity index (χ1v) is 15.4. The lowest BCUT2D eigenvalue weighted by atomic mass is 10.0. The molecule has 0 bridgehead atoms. The molecule has 0 aliphatic heterocycles. The van der Waals surface area contributed by atoms with Crippen molar-refractivity contribution in [2.24, 2.45) is 0 Å². The first kappa shape index (κ1) is 30.2. The minimum atomic E-state index is -0.664. The van der Waals surface area contributed by atoms with Gasteiger partial charge in [0, 0.05) is 40.5 Å². The highest BCUT2D eigenvalue weighted by Crippen LogP contribution is 2.38. The van der Waals surface area contributed by atoms with Crippen molar-refractivity contribution in [3.05, 3.63) is 169 Å². The van der Waals surface area contributed by atoms with E-state index >= 15 is 0 Å². The lowest BCUT2D eigenvalue weighted by Crippen LogP contribution is -2.10. The maximum Gasteiger partial charge on any atom is 0.507 e. The number of ether oxygens (including phenoxy) is 2. The molecule has 0 aliphatic carbocycles. The van der Waals surface area contributed by atoms with Crippen LogP contribution >= 0.6 is 0 Å². The van der Waals surface area contributed by atoms with Gasteiger partial charge >= 0.3 is 6.16 Å². The van der Waals surface area contributed by atoms with Gasteiger partial charge in [-0.05, 0) is 96.4 Å². The first-order valence-electron chi connectivity index (χ1n) is 15.4. The topological polar surface area (TPSA) is 42.0 Å². The summed E-state index contributed by atoms with van der Waals surface area (Å²) in [4.78, 5) is 15.8. The molecule has 46 heavy (non-hydrogen) atoms. The van der Waals surface area contributed by atoms with Crippen LogP contribution in [0, 0.1) is 6.92 Å². The minimum Gasteiger partial charge on any atom is -0.438 e. The average molecular weight is 605 g/mol. The monoisotopic (exact) mass is 604 g/mol. The summed E-state index contributed by atoms with van der Waals surface area (Å²) in [5.41, 5.74) is 11.1. The second-order valence-corrected chi connectivity index (χ2v) is 11.0. The highest BCUT2D eigenvalue weighted by molar-refractivity contribution is 5.80. The van der Waals surface area contributed by atoms with Gasteiger partial charge in [0.2, 0.25) is 0 Å². The molecular formula is C41H36N2O3. The third kappa shape index (κ3) is 7.11. The van der Waals surface area contributed by atoms with Gasteiger partial charge in [-0.25, -0.2) is 4.79 Å². The molecule has 0 saturated heterocycles. The van der Waals surface area contributed by atoms with Crippen molar-refractivity contribution in [2.45, 2.75) is 13.3 Å². The fraction of sp³-hybridized carbons (Fsp3) is 0.0976. The number of hydrogen-bond donors (Lipinski definition) is 0. The van der Waals surface area contributed by atoms with Crippen LogP contribution in [0.4, 0.5) is 38.9 Å². The largest absolute Gasteiger partial charge is 0.507 e. The third-order valence-corrected chi connectivity index (χ3v) is 7.88. The lowest BCUT2D eigenvalue weighted by molar-refractivity contribution is 0.0737. The van der Waals surface area contributed by atoms with Crippen molar-refractivity contribution >= 4 is 40.3 Å². The van der Waals surface area contributed by atoms with E-state index in [4.69, 9.17) is 4.74 Å². The van der Waals surface area contributed by atoms with Crippen LogP contribution in [0.3, 0.4) is 0 Å². The maximum absolute atomic E-state index is 11.3. The molecule has 0 amide bonds. The number of nitrogens with zero attached hydrogens (tertiary/aromatic N) is 2. The Balaban J connectivity index is 1.24. The molecule has 0 N–H and O–H groups in total. The molecule has 0 radical (unpaired) electrons. The number of para-hydroxylation sites is 2. The van der Waals surface area contributed by atoms with Gasteiger partial charge in [-0.3, -0.25) is 0 Å². The van der Waals surface area contributed by atoms with Crippen LogP contribution in [0.1, 0.15) is 11.1 Å². The summed E-state index contributed by atoms with van der Waals surface area (Å²) in [6.45, 7) is 2.38. The van der Waals surface area contributed by atoms with Crippen molar-refractivity contribution in [3.63, 3.8) is 0 Å². The predicted octanol–water partition coefficient (Wildman–Crippen LogP) is 10.9. The van der Waals surface area contributed by atoms with E-state index in [1.165, 1.54) is 12.7 Å². The Morgan fingerprint density at radius 3 is 1.28 bits per heavy atom. The van der Waals surface area contributed by atoms with Crippen molar-refractivity contribution in [1.29, 1.82) is 0 Å². The fourth-order valence-electron chi connectivity index (χ4n) is 5.47. The number of benzene rings is 6. The maximum atomic E-state index is 11.3. The smallest absolute Gasteiger partial charge is 0.438 e. The summed E-state index contributed by atoms with van der Waals surface area (Å²) in [6.07, 6.45) is -0.0508. The standard InChI is InChI=1S/C41H36N2O3/c1-31-13-21-37(22-14-31)42(35-9-5-3-6-10-35)39-25-17-33(18-26-39)34-19-27-40(28-20-34)43(36-11-7-4-8-12-36)38-23-15-32(16-24-38)29-30-46-41(44)45-2/h3-28H,29-30H2,1-2H3. The number of carbonyl (C=O) groups excluding carboxylic acids is 1. The molecular weight excluding hydrogens is 568 g/mol. The molecule has 0 aliphatic rings. The van der Waals surface area contributed by atoms with E-state index in [-0.39, 0.29) is 6.61 Å². The summed E-state index contributed by atoms with van der Waals surface area (Å²) in [5, 5.41) is 0. The van der Waals surface area contributed by atoms with Gasteiger partial charge in [0.1, 0.15) is 0 Å². The van der Waals surface area contributed by atoms with Gasteiger partial charge in [-0.1, -0.05) is 90.5 Å². The van der Waals surface area contributed by atoms with Gasteiger partial charge in [0.15, 0.2) is 0 Å². The Morgan fingerprint density at radius 1 is 0.500 bits per heavy atom. The summed E-state index contributed by atoms with van der Waals surface area (Å²) < 4.78 is 9.60.